The summed E-state index contributed by atoms with van der Waals surface area (Å²) in [7, 11) is 0. The highest BCUT2D eigenvalue weighted by atomic mass is 16.5. The number of carboxylic acids is 1. The van der Waals surface area contributed by atoms with Gasteiger partial charge in [-0.15, -0.1) is 0 Å². The Balaban J connectivity index is 4.13. The third-order valence-corrected chi connectivity index (χ3v) is 3.58. The molecule has 4 nitrogen and oxygen atoms in total. The molecular formula is C18H32O4. The van der Waals surface area contributed by atoms with Gasteiger partial charge in [-0.3, -0.25) is 0 Å². The maximum Gasteiger partial charge on any atom is 0.331 e. The second kappa shape index (κ2) is 13.4. The number of aliphatic carboxylic acids is 1. The van der Waals surface area contributed by atoms with Crippen LogP contribution in [0.15, 0.2) is 12.2 Å². The molecule has 1 atom stereocenters. The molecule has 0 saturated heterocycles. The van der Waals surface area contributed by atoms with Crippen LogP contribution in [0.4, 0.5) is 0 Å². The van der Waals surface area contributed by atoms with E-state index >= 15 is 0 Å². The molecule has 0 aromatic carbocycles. The minimum Gasteiger partial charge on any atom is -0.478 e. The Morgan fingerprint density at radius 2 is 1.55 bits per heavy atom. The normalized spacial score (nSPS) is 12.7. The average Bonchev–Trinajstić information content (AvgIpc) is 2.44. The van der Waals surface area contributed by atoms with E-state index < -0.39 is 11.9 Å². The highest BCUT2D eigenvalue weighted by Gasteiger charge is 2.12. The number of esters is 1. The first-order valence-corrected chi connectivity index (χ1v) is 8.57. The van der Waals surface area contributed by atoms with Crippen LogP contribution in [0, 0.1) is 5.92 Å². The summed E-state index contributed by atoms with van der Waals surface area (Å²) in [6, 6.07) is 0. The molecule has 0 fully saturated rings. The van der Waals surface area contributed by atoms with Gasteiger partial charge in [0.15, 0.2) is 0 Å². The quantitative estimate of drug-likeness (QED) is 0.303. The van der Waals surface area contributed by atoms with Crippen LogP contribution in [-0.4, -0.2) is 23.1 Å². The Morgan fingerprint density at radius 1 is 0.955 bits per heavy atom. The zero-order valence-electron chi connectivity index (χ0n) is 14.3. The van der Waals surface area contributed by atoms with Gasteiger partial charge in [0.2, 0.25) is 0 Å². The molecule has 0 rings (SSSR count). The fraction of sp³-hybridized carbons (Fsp3) is 0.778. The lowest BCUT2D eigenvalue weighted by Gasteiger charge is -2.17. The van der Waals surface area contributed by atoms with Crippen LogP contribution in [-0.2, 0) is 14.3 Å². The van der Waals surface area contributed by atoms with Gasteiger partial charge in [0, 0.05) is 12.2 Å². The summed E-state index contributed by atoms with van der Waals surface area (Å²) >= 11 is 0. The van der Waals surface area contributed by atoms with Crippen molar-refractivity contribution in [3.8, 4) is 0 Å². The number of rotatable bonds is 13. The van der Waals surface area contributed by atoms with Crippen molar-refractivity contribution in [3.63, 3.8) is 0 Å². The van der Waals surface area contributed by atoms with Gasteiger partial charge in [-0.2, -0.15) is 0 Å². The van der Waals surface area contributed by atoms with E-state index in [0.29, 0.717) is 0 Å². The van der Waals surface area contributed by atoms with Gasteiger partial charge in [-0.05, 0) is 31.6 Å². The van der Waals surface area contributed by atoms with Crippen LogP contribution in [0.25, 0.3) is 0 Å². The van der Waals surface area contributed by atoms with E-state index in [4.69, 9.17) is 9.84 Å². The summed E-state index contributed by atoms with van der Waals surface area (Å²) in [6.45, 7) is 6.59. The van der Waals surface area contributed by atoms with Gasteiger partial charge in [0.05, 0.1) is 0 Å². The molecule has 0 aromatic heterocycles. The number of hydrogen-bond donors (Lipinski definition) is 1. The SMILES string of the molecule is CCCCCC(CCCCCC(C)C)OC(=O)/C=C\C(=O)O. The highest BCUT2D eigenvalue weighted by Crippen LogP contribution is 2.16. The number of carbonyl (C=O) groups is 2. The molecule has 128 valence electrons. The van der Waals surface area contributed by atoms with Crippen LogP contribution in [0.5, 0.6) is 0 Å². The lowest BCUT2D eigenvalue weighted by Crippen LogP contribution is -2.17. The molecule has 0 aliphatic carbocycles. The van der Waals surface area contributed by atoms with Crippen LogP contribution in [0.3, 0.4) is 0 Å². The van der Waals surface area contributed by atoms with E-state index in [1.807, 2.05) is 0 Å². The fourth-order valence-electron chi connectivity index (χ4n) is 2.33. The number of hydrogen-bond acceptors (Lipinski definition) is 3. The Hall–Kier alpha value is -1.32. The second-order valence-electron chi connectivity index (χ2n) is 6.26. The lowest BCUT2D eigenvalue weighted by molar-refractivity contribution is -0.144. The third-order valence-electron chi connectivity index (χ3n) is 3.58. The fourth-order valence-corrected chi connectivity index (χ4v) is 2.33. The summed E-state index contributed by atoms with van der Waals surface area (Å²) in [5, 5.41) is 8.52. The predicted octanol–water partition coefficient (Wildman–Crippen LogP) is 4.73. The van der Waals surface area contributed by atoms with Gasteiger partial charge < -0.3 is 9.84 Å². The maximum atomic E-state index is 11.6. The first-order valence-electron chi connectivity index (χ1n) is 8.57. The van der Waals surface area contributed by atoms with Crippen molar-refractivity contribution in [2.45, 2.75) is 84.7 Å². The first kappa shape index (κ1) is 20.7. The summed E-state index contributed by atoms with van der Waals surface area (Å²) in [6.07, 6.45) is 11.4. The van der Waals surface area contributed by atoms with Gasteiger partial charge in [-0.1, -0.05) is 52.9 Å². The maximum absolute atomic E-state index is 11.6. The predicted molar refractivity (Wildman–Crippen MR) is 88.7 cm³/mol. The van der Waals surface area contributed by atoms with E-state index in [-0.39, 0.29) is 6.10 Å². The van der Waals surface area contributed by atoms with Crippen LogP contribution < -0.4 is 0 Å². The molecule has 0 saturated carbocycles. The molecule has 4 heteroatoms. The molecule has 0 heterocycles. The van der Waals surface area contributed by atoms with Crippen LogP contribution in [0.2, 0.25) is 0 Å². The molecule has 1 unspecified atom stereocenters. The van der Waals surface area contributed by atoms with E-state index in [1.54, 1.807) is 0 Å². The van der Waals surface area contributed by atoms with Crippen molar-refractivity contribution in [2.75, 3.05) is 0 Å². The summed E-state index contributed by atoms with van der Waals surface area (Å²) in [5.74, 6) is -0.946. The van der Waals surface area contributed by atoms with Gasteiger partial charge in [-0.25, -0.2) is 9.59 Å². The number of carboxylic acid groups (broad SMARTS) is 1. The molecule has 0 aliphatic rings. The molecule has 22 heavy (non-hydrogen) atoms. The summed E-state index contributed by atoms with van der Waals surface area (Å²) in [5.41, 5.74) is 0. The standard InChI is InChI=1S/C18H32O4/c1-4-5-7-11-16(12-9-6-8-10-15(2)3)22-18(21)14-13-17(19)20/h13-16H,4-12H2,1-3H3,(H,19,20)/b14-13-. The Kier molecular flexibility index (Phi) is 12.5. The topological polar surface area (TPSA) is 63.6 Å². The second-order valence-corrected chi connectivity index (χ2v) is 6.26. The molecule has 0 amide bonds. The zero-order chi connectivity index (χ0) is 16.8. The van der Waals surface area contributed by atoms with E-state index in [1.165, 1.54) is 12.8 Å². The van der Waals surface area contributed by atoms with Crippen LogP contribution >= 0.6 is 0 Å². The van der Waals surface area contributed by atoms with Crippen molar-refractivity contribution in [2.24, 2.45) is 5.92 Å². The van der Waals surface area contributed by atoms with Crippen molar-refractivity contribution >= 4 is 11.9 Å². The monoisotopic (exact) mass is 312 g/mol. The highest BCUT2D eigenvalue weighted by molar-refractivity contribution is 5.90. The van der Waals surface area contributed by atoms with Crippen molar-refractivity contribution < 1.29 is 19.4 Å². The smallest absolute Gasteiger partial charge is 0.331 e. The molecule has 0 spiro atoms. The molecule has 0 aromatic rings. The molecule has 0 radical (unpaired) electrons. The molecule has 0 aliphatic heterocycles. The lowest BCUT2D eigenvalue weighted by atomic mass is 10.0. The first-order chi connectivity index (χ1) is 10.5. The molecule has 0 bridgehead atoms. The van der Waals surface area contributed by atoms with E-state index in [0.717, 1.165) is 63.0 Å². The minimum atomic E-state index is -1.13. The summed E-state index contributed by atoms with van der Waals surface area (Å²) in [4.78, 5) is 22.0. The van der Waals surface area contributed by atoms with Gasteiger partial charge in [0.25, 0.3) is 0 Å². The van der Waals surface area contributed by atoms with Crippen LogP contribution in [0.1, 0.15) is 78.6 Å². The van der Waals surface area contributed by atoms with E-state index in [9.17, 15) is 9.59 Å². The van der Waals surface area contributed by atoms with E-state index in [2.05, 4.69) is 20.8 Å². The Morgan fingerprint density at radius 3 is 2.09 bits per heavy atom. The summed E-state index contributed by atoms with van der Waals surface area (Å²) < 4.78 is 5.39. The molecular weight excluding hydrogens is 280 g/mol. The zero-order valence-corrected chi connectivity index (χ0v) is 14.3. The minimum absolute atomic E-state index is 0.0865. The largest absolute Gasteiger partial charge is 0.478 e. The number of ether oxygens (including phenoxy) is 1. The number of unbranched alkanes of at least 4 members (excludes halogenated alkanes) is 4. The Bertz CT molecular complexity index is 334. The average molecular weight is 312 g/mol. The van der Waals surface area contributed by atoms with Crippen molar-refractivity contribution in [1.82, 2.24) is 0 Å². The third kappa shape index (κ3) is 13.7. The van der Waals surface area contributed by atoms with Crippen molar-refractivity contribution in [3.05, 3.63) is 12.2 Å². The Labute approximate surface area is 134 Å². The van der Waals surface area contributed by atoms with Gasteiger partial charge in [0.1, 0.15) is 6.10 Å². The molecule has 1 N–H and O–H groups in total. The number of carbonyl (C=O) groups excluding carboxylic acids is 1. The van der Waals surface area contributed by atoms with Gasteiger partial charge >= 0.3 is 11.9 Å². The van der Waals surface area contributed by atoms with Crippen molar-refractivity contribution in [1.29, 1.82) is 0 Å².